The van der Waals surface area contributed by atoms with Crippen molar-refractivity contribution in [1.82, 2.24) is 9.80 Å². The molecule has 2 aliphatic rings. The molecule has 32 heavy (non-hydrogen) atoms. The van der Waals surface area contributed by atoms with Gasteiger partial charge in [-0.2, -0.15) is 13.2 Å². The molecule has 4 rings (SSSR count). The van der Waals surface area contributed by atoms with Crippen LogP contribution in [0.2, 0.25) is 0 Å². The lowest BCUT2D eigenvalue weighted by Crippen LogP contribution is -2.47. The molecule has 1 amide bonds. The zero-order valence-corrected chi connectivity index (χ0v) is 17.7. The summed E-state index contributed by atoms with van der Waals surface area (Å²) in [6.45, 7) is 2.98. The number of fused-ring (bicyclic) bond motifs is 1. The van der Waals surface area contributed by atoms with Crippen molar-refractivity contribution in [3.63, 3.8) is 0 Å². The van der Waals surface area contributed by atoms with Crippen LogP contribution in [0.3, 0.4) is 0 Å². The number of alkyl halides is 3. The fraction of sp³-hybridized carbons (Fsp3) is 0.458. The molecule has 2 heterocycles. The third-order valence-corrected chi connectivity index (χ3v) is 6.18. The van der Waals surface area contributed by atoms with Gasteiger partial charge in [-0.05, 0) is 42.2 Å². The summed E-state index contributed by atoms with van der Waals surface area (Å²) in [4.78, 5) is 16.8. The highest BCUT2D eigenvalue weighted by atomic mass is 19.4. The van der Waals surface area contributed by atoms with Gasteiger partial charge in [-0.25, -0.2) is 0 Å². The van der Waals surface area contributed by atoms with Gasteiger partial charge in [0, 0.05) is 37.8 Å². The van der Waals surface area contributed by atoms with E-state index in [1.165, 1.54) is 12.1 Å². The topological polar surface area (TPSA) is 53.0 Å². The molecule has 2 aliphatic heterocycles. The highest BCUT2D eigenvalue weighted by Gasteiger charge is 2.34. The summed E-state index contributed by atoms with van der Waals surface area (Å²) in [7, 11) is 0. The summed E-state index contributed by atoms with van der Waals surface area (Å²) in [6.07, 6.45) is -3.31. The van der Waals surface area contributed by atoms with Crippen LogP contribution >= 0.6 is 0 Å². The Labute approximate surface area is 185 Å². The van der Waals surface area contributed by atoms with E-state index in [2.05, 4.69) is 4.90 Å². The minimum atomic E-state index is -4.35. The molecule has 1 fully saturated rings. The van der Waals surface area contributed by atoms with E-state index in [0.29, 0.717) is 18.7 Å². The van der Waals surface area contributed by atoms with Crippen molar-refractivity contribution in [2.45, 2.75) is 44.3 Å². The Balaban J connectivity index is 1.17. The lowest BCUT2D eigenvalue weighted by Gasteiger charge is -2.37. The number of aliphatic hydroxyl groups excluding tert-OH is 1. The van der Waals surface area contributed by atoms with Gasteiger partial charge in [-0.1, -0.05) is 30.3 Å². The molecule has 1 N–H and O–H groups in total. The van der Waals surface area contributed by atoms with E-state index >= 15 is 0 Å². The molecule has 1 unspecified atom stereocenters. The maximum absolute atomic E-state index is 12.7. The zero-order valence-electron chi connectivity index (χ0n) is 17.7. The highest BCUT2D eigenvalue weighted by molar-refractivity contribution is 5.98. The van der Waals surface area contributed by atoms with Crippen LogP contribution < -0.4 is 0 Å². The molecule has 2 aromatic rings. The summed E-state index contributed by atoms with van der Waals surface area (Å²) in [5.41, 5.74) is 1.82. The first kappa shape index (κ1) is 22.8. The zero-order chi connectivity index (χ0) is 22.7. The quantitative estimate of drug-likeness (QED) is 0.702. The van der Waals surface area contributed by atoms with Gasteiger partial charge in [-0.3, -0.25) is 4.79 Å². The lowest BCUT2D eigenvalue weighted by molar-refractivity contribution is -0.137. The normalized spacial score (nSPS) is 18.8. The van der Waals surface area contributed by atoms with Crippen molar-refractivity contribution in [1.29, 1.82) is 0 Å². The summed E-state index contributed by atoms with van der Waals surface area (Å²) < 4.78 is 43.3. The predicted octanol–water partition coefficient (Wildman–Crippen LogP) is 3.70. The van der Waals surface area contributed by atoms with Gasteiger partial charge in [-0.15, -0.1) is 0 Å². The number of amides is 1. The first-order valence-electron chi connectivity index (χ1n) is 10.8. The molecule has 0 aliphatic carbocycles. The lowest BCUT2D eigenvalue weighted by atomic mass is 10.0. The van der Waals surface area contributed by atoms with Gasteiger partial charge < -0.3 is 19.6 Å². The van der Waals surface area contributed by atoms with Crippen LogP contribution in [0.15, 0.2) is 48.5 Å². The molecule has 0 saturated carbocycles. The van der Waals surface area contributed by atoms with E-state index in [4.69, 9.17) is 4.74 Å². The molecule has 1 atom stereocenters. The molecular formula is C24H27F3N2O3. The predicted molar refractivity (Wildman–Crippen MR) is 113 cm³/mol. The van der Waals surface area contributed by atoms with Gasteiger partial charge in [0.25, 0.3) is 5.91 Å². The van der Waals surface area contributed by atoms with E-state index in [9.17, 15) is 23.1 Å². The monoisotopic (exact) mass is 448 g/mol. The third kappa shape index (κ3) is 5.31. The molecule has 5 nitrogen and oxygen atoms in total. The Kier molecular flexibility index (Phi) is 6.83. The Morgan fingerprint density at radius 1 is 1.06 bits per heavy atom. The van der Waals surface area contributed by atoms with Crippen LogP contribution in [0.5, 0.6) is 0 Å². The Morgan fingerprint density at radius 2 is 1.75 bits per heavy atom. The molecule has 0 spiro atoms. The molecule has 172 valence electrons. The third-order valence-electron chi connectivity index (χ3n) is 6.18. The number of piperidine rings is 1. The van der Waals surface area contributed by atoms with E-state index in [0.717, 1.165) is 49.2 Å². The number of halogens is 3. The van der Waals surface area contributed by atoms with Gasteiger partial charge in [0.2, 0.25) is 0 Å². The van der Waals surface area contributed by atoms with Crippen LogP contribution in [-0.2, 0) is 24.1 Å². The molecule has 0 aromatic heterocycles. The number of aliphatic hydroxyl groups is 1. The Morgan fingerprint density at radius 3 is 2.41 bits per heavy atom. The summed E-state index contributed by atoms with van der Waals surface area (Å²) in [6, 6.07) is 12.8. The van der Waals surface area contributed by atoms with Crippen LogP contribution in [0.25, 0.3) is 0 Å². The Bertz CT molecular complexity index is 925. The fourth-order valence-electron chi connectivity index (χ4n) is 4.44. The SMILES string of the molecule is O=C1c2ccccc2CN1C1CCN(CC(O)COCc2ccc(C(F)(F)F)cc2)CC1. The van der Waals surface area contributed by atoms with Gasteiger partial charge in [0.15, 0.2) is 0 Å². The maximum atomic E-state index is 12.7. The van der Waals surface area contributed by atoms with E-state index in [1.54, 1.807) is 0 Å². The summed E-state index contributed by atoms with van der Waals surface area (Å²) in [5, 5.41) is 10.3. The minimum absolute atomic E-state index is 0.107. The average Bonchev–Trinajstić information content (AvgIpc) is 3.11. The van der Waals surface area contributed by atoms with E-state index in [1.807, 2.05) is 29.2 Å². The number of hydrogen-bond donors (Lipinski definition) is 1. The molecule has 8 heteroatoms. The van der Waals surface area contributed by atoms with Gasteiger partial charge >= 0.3 is 6.18 Å². The summed E-state index contributed by atoms with van der Waals surface area (Å²) >= 11 is 0. The molecule has 2 aromatic carbocycles. The molecule has 0 bridgehead atoms. The number of nitrogens with zero attached hydrogens (tertiary/aromatic N) is 2. The standard InChI is InChI=1S/C24H27F3N2O3/c25-24(26,27)19-7-5-17(6-8-19)15-32-16-21(30)14-28-11-9-20(10-12-28)29-13-18-3-1-2-4-22(18)23(29)31/h1-8,20-21,30H,9-16H2. The van der Waals surface area contributed by atoms with Crippen molar-refractivity contribution in [2.24, 2.45) is 0 Å². The second-order valence-electron chi connectivity index (χ2n) is 8.49. The highest BCUT2D eigenvalue weighted by Crippen LogP contribution is 2.30. The minimum Gasteiger partial charge on any atom is -0.389 e. The molecular weight excluding hydrogens is 421 g/mol. The molecule has 0 radical (unpaired) electrons. The summed E-state index contributed by atoms with van der Waals surface area (Å²) in [5.74, 6) is 0.107. The number of hydrogen-bond acceptors (Lipinski definition) is 4. The van der Waals surface area contributed by atoms with Crippen LogP contribution in [0.1, 0.15) is 39.9 Å². The number of rotatable bonds is 7. The first-order chi connectivity index (χ1) is 15.3. The van der Waals surface area contributed by atoms with E-state index < -0.39 is 17.8 Å². The molecule has 1 saturated heterocycles. The van der Waals surface area contributed by atoms with Gasteiger partial charge in [0.05, 0.1) is 24.9 Å². The largest absolute Gasteiger partial charge is 0.416 e. The second kappa shape index (κ2) is 9.60. The number of β-amino-alcohol motifs (C(OH)–C–C–N with tert-alkyl or cyclic N) is 1. The number of benzene rings is 2. The number of carbonyl (C=O) groups is 1. The van der Waals surface area contributed by atoms with Crippen LogP contribution in [0, 0.1) is 0 Å². The Hall–Kier alpha value is -2.42. The first-order valence-corrected chi connectivity index (χ1v) is 10.8. The maximum Gasteiger partial charge on any atom is 0.416 e. The second-order valence-corrected chi connectivity index (χ2v) is 8.49. The van der Waals surface area contributed by atoms with Crippen molar-refractivity contribution in [2.75, 3.05) is 26.2 Å². The van der Waals surface area contributed by atoms with Crippen molar-refractivity contribution >= 4 is 5.91 Å². The van der Waals surface area contributed by atoms with E-state index in [-0.39, 0.29) is 25.2 Å². The number of carbonyl (C=O) groups excluding carboxylic acids is 1. The van der Waals surface area contributed by atoms with Gasteiger partial charge in [0.1, 0.15) is 0 Å². The van der Waals surface area contributed by atoms with Crippen molar-refractivity contribution < 1.29 is 27.8 Å². The smallest absolute Gasteiger partial charge is 0.389 e. The average molecular weight is 448 g/mol. The number of likely N-dealkylation sites (tertiary alicyclic amines) is 1. The fourth-order valence-corrected chi connectivity index (χ4v) is 4.44. The van der Waals surface area contributed by atoms with Crippen LogP contribution in [0.4, 0.5) is 13.2 Å². The van der Waals surface area contributed by atoms with Crippen molar-refractivity contribution in [3.8, 4) is 0 Å². The van der Waals surface area contributed by atoms with Crippen LogP contribution in [-0.4, -0.2) is 59.2 Å². The van der Waals surface area contributed by atoms with Crippen molar-refractivity contribution in [3.05, 3.63) is 70.8 Å². The number of ether oxygens (including phenoxy) is 1.